The van der Waals surface area contributed by atoms with Crippen molar-refractivity contribution in [3.63, 3.8) is 0 Å². The Kier molecular flexibility index (Phi) is 4.90. The van der Waals surface area contributed by atoms with Gasteiger partial charge in [-0.3, -0.25) is 0 Å². The first kappa shape index (κ1) is 14.2. The van der Waals surface area contributed by atoms with Crippen molar-refractivity contribution in [1.82, 2.24) is 5.32 Å². The predicted octanol–water partition coefficient (Wildman–Crippen LogP) is 3.66. The molecular formula is C19H23NO. The molecule has 21 heavy (non-hydrogen) atoms. The summed E-state index contributed by atoms with van der Waals surface area (Å²) in [4.78, 5) is 0. The number of ether oxygens (including phenoxy) is 1. The maximum atomic E-state index is 5.91. The van der Waals surface area contributed by atoms with Gasteiger partial charge in [0.1, 0.15) is 5.75 Å². The Bertz CT molecular complexity index is 529. The zero-order valence-corrected chi connectivity index (χ0v) is 12.4. The minimum Gasteiger partial charge on any atom is -0.493 e. The number of hydrogen-bond acceptors (Lipinski definition) is 2. The van der Waals surface area contributed by atoms with E-state index in [0.29, 0.717) is 5.92 Å². The van der Waals surface area contributed by atoms with Crippen LogP contribution in [0.1, 0.15) is 24.0 Å². The lowest BCUT2D eigenvalue weighted by atomic mass is 10.0. The van der Waals surface area contributed by atoms with Gasteiger partial charge in [0.15, 0.2) is 0 Å². The molecule has 0 saturated carbocycles. The molecule has 1 fully saturated rings. The third-order valence-electron chi connectivity index (χ3n) is 4.06. The third kappa shape index (κ3) is 4.33. The van der Waals surface area contributed by atoms with Crippen molar-refractivity contribution in [2.75, 3.05) is 19.7 Å². The summed E-state index contributed by atoms with van der Waals surface area (Å²) in [5.74, 6) is 1.64. The molecule has 1 N–H and O–H groups in total. The van der Waals surface area contributed by atoms with Crippen molar-refractivity contribution in [2.24, 2.45) is 5.92 Å². The smallest absolute Gasteiger partial charge is 0.119 e. The zero-order chi connectivity index (χ0) is 14.3. The van der Waals surface area contributed by atoms with Crippen molar-refractivity contribution in [2.45, 2.75) is 19.3 Å². The highest BCUT2D eigenvalue weighted by atomic mass is 16.5. The first-order chi connectivity index (χ1) is 10.4. The Balaban J connectivity index is 1.51. The van der Waals surface area contributed by atoms with E-state index in [-0.39, 0.29) is 0 Å². The number of hydrogen-bond donors (Lipinski definition) is 1. The number of benzene rings is 2. The van der Waals surface area contributed by atoms with Crippen molar-refractivity contribution in [3.05, 3.63) is 65.7 Å². The molecule has 2 aromatic carbocycles. The van der Waals surface area contributed by atoms with Gasteiger partial charge in [-0.1, -0.05) is 42.5 Å². The summed E-state index contributed by atoms with van der Waals surface area (Å²) in [5, 5.41) is 3.43. The highest BCUT2D eigenvalue weighted by molar-refractivity contribution is 5.31. The molecular weight excluding hydrogens is 258 g/mol. The first-order valence-electron chi connectivity index (χ1n) is 7.86. The zero-order valence-electron chi connectivity index (χ0n) is 12.4. The summed E-state index contributed by atoms with van der Waals surface area (Å²) in [6.07, 6.45) is 3.52. The molecule has 0 aromatic heterocycles. The number of piperidine rings is 1. The number of nitrogens with one attached hydrogen (secondary N) is 1. The van der Waals surface area contributed by atoms with Crippen LogP contribution in [0.2, 0.25) is 0 Å². The van der Waals surface area contributed by atoms with Gasteiger partial charge in [0.2, 0.25) is 0 Å². The molecule has 2 heteroatoms. The second kappa shape index (κ2) is 7.28. The lowest BCUT2D eigenvalue weighted by Gasteiger charge is -2.22. The summed E-state index contributed by atoms with van der Waals surface area (Å²) in [6.45, 7) is 3.07. The first-order valence-corrected chi connectivity index (χ1v) is 7.86. The predicted molar refractivity (Wildman–Crippen MR) is 86.8 cm³/mol. The van der Waals surface area contributed by atoms with Gasteiger partial charge in [0.05, 0.1) is 6.61 Å². The molecule has 0 bridgehead atoms. The molecule has 2 aromatic rings. The second-order valence-corrected chi connectivity index (χ2v) is 5.83. The maximum absolute atomic E-state index is 5.91. The van der Waals surface area contributed by atoms with Crippen molar-refractivity contribution < 1.29 is 4.74 Å². The Morgan fingerprint density at radius 1 is 0.952 bits per heavy atom. The van der Waals surface area contributed by atoms with E-state index in [1.807, 2.05) is 0 Å². The highest BCUT2D eigenvalue weighted by Gasteiger charge is 2.13. The summed E-state index contributed by atoms with van der Waals surface area (Å²) in [5.41, 5.74) is 2.67. The monoisotopic (exact) mass is 281 g/mol. The van der Waals surface area contributed by atoms with Crippen LogP contribution in [0.3, 0.4) is 0 Å². The Hall–Kier alpha value is -1.80. The van der Waals surface area contributed by atoms with Gasteiger partial charge < -0.3 is 10.1 Å². The van der Waals surface area contributed by atoms with Crippen LogP contribution in [-0.4, -0.2) is 19.7 Å². The summed E-state index contributed by atoms with van der Waals surface area (Å²) in [7, 11) is 0. The van der Waals surface area contributed by atoms with Gasteiger partial charge >= 0.3 is 0 Å². The lowest BCUT2D eigenvalue weighted by molar-refractivity contribution is 0.218. The number of rotatable bonds is 5. The van der Waals surface area contributed by atoms with Crippen LogP contribution < -0.4 is 10.1 Å². The molecule has 110 valence electrons. The molecule has 0 aliphatic carbocycles. The quantitative estimate of drug-likeness (QED) is 0.903. The van der Waals surface area contributed by atoms with E-state index in [4.69, 9.17) is 4.74 Å². The molecule has 1 aliphatic heterocycles. The van der Waals surface area contributed by atoms with Gasteiger partial charge in [0, 0.05) is 12.5 Å². The van der Waals surface area contributed by atoms with Crippen molar-refractivity contribution in [1.29, 1.82) is 0 Å². The van der Waals surface area contributed by atoms with Gasteiger partial charge in [-0.05, 0) is 49.1 Å². The van der Waals surface area contributed by atoms with Crippen LogP contribution in [0.25, 0.3) is 0 Å². The van der Waals surface area contributed by atoms with Crippen LogP contribution in [0.4, 0.5) is 0 Å². The summed E-state index contributed by atoms with van der Waals surface area (Å²) >= 11 is 0. The highest BCUT2D eigenvalue weighted by Crippen LogP contribution is 2.17. The van der Waals surface area contributed by atoms with E-state index in [2.05, 4.69) is 59.9 Å². The lowest BCUT2D eigenvalue weighted by Crippen LogP contribution is -2.33. The average Bonchev–Trinajstić information content (AvgIpc) is 2.56. The van der Waals surface area contributed by atoms with Crippen LogP contribution in [0.15, 0.2) is 54.6 Å². The third-order valence-corrected chi connectivity index (χ3v) is 4.06. The topological polar surface area (TPSA) is 21.3 Å². The van der Waals surface area contributed by atoms with Crippen LogP contribution in [0.5, 0.6) is 5.75 Å². The maximum Gasteiger partial charge on any atom is 0.119 e. The Morgan fingerprint density at radius 3 is 2.43 bits per heavy atom. The molecule has 1 saturated heterocycles. The molecule has 3 rings (SSSR count). The summed E-state index contributed by atoms with van der Waals surface area (Å²) < 4.78 is 5.91. The standard InChI is InChI=1S/C19H23NO/c1-2-5-16(6-3-1)13-17-8-10-19(11-9-17)21-15-18-7-4-12-20-14-18/h1-3,5-6,8-11,18,20H,4,7,12-15H2. The molecule has 0 amide bonds. The van der Waals surface area contributed by atoms with Gasteiger partial charge in [0.25, 0.3) is 0 Å². The molecule has 0 radical (unpaired) electrons. The van der Waals surface area contributed by atoms with Gasteiger partial charge in [-0.15, -0.1) is 0 Å². The average molecular weight is 281 g/mol. The minimum atomic E-state index is 0.655. The largest absolute Gasteiger partial charge is 0.493 e. The summed E-state index contributed by atoms with van der Waals surface area (Å²) in [6, 6.07) is 19.1. The van der Waals surface area contributed by atoms with E-state index < -0.39 is 0 Å². The fourth-order valence-electron chi connectivity index (χ4n) is 2.82. The second-order valence-electron chi connectivity index (χ2n) is 5.83. The van der Waals surface area contributed by atoms with Gasteiger partial charge in [-0.2, -0.15) is 0 Å². The normalized spacial score (nSPS) is 18.4. The Labute approximate surface area is 127 Å². The molecule has 1 unspecified atom stereocenters. The van der Waals surface area contributed by atoms with Crippen LogP contribution in [-0.2, 0) is 6.42 Å². The minimum absolute atomic E-state index is 0.655. The van der Waals surface area contributed by atoms with Crippen LogP contribution in [0, 0.1) is 5.92 Å². The molecule has 0 spiro atoms. The van der Waals surface area contributed by atoms with Crippen LogP contribution >= 0.6 is 0 Å². The fraction of sp³-hybridized carbons (Fsp3) is 0.368. The molecule has 1 heterocycles. The molecule has 1 atom stereocenters. The van der Waals surface area contributed by atoms with E-state index >= 15 is 0 Å². The van der Waals surface area contributed by atoms with Gasteiger partial charge in [-0.25, -0.2) is 0 Å². The SMILES string of the molecule is c1ccc(Cc2ccc(OCC3CCCNC3)cc2)cc1. The molecule has 2 nitrogen and oxygen atoms in total. The van der Waals surface area contributed by atoms with E-state index in [1.54, 1.807) is 0 Å². The van der Waals surface area contributed by atoms with E-state index in [1.165, 1.54) is 24.0 Å². The van der Waals surface area contributed by atoms with Crippen molar-refractivity contribution in [3.8, 4) is 5.75 Å². The van der Waals surface area contributed by atoms with E-state index in [9.17, 15) is 0 Å². The molecule has 1 aliphatic rings. The Morgan fingerprint density at radius 2 is 1.71 bits per heavy atom. The fourth-order valence-corrected chi connectivity index (χ4v) is 2.82. The van der Waals surface area contributed by atoms with E-state index in [0.717, 1.165) is 31.9 Å². The van der Waals surface area contributed by atoms with Crippen molar-refractivity contribution >= 4 is 0 Å².